The van der Waals surface area contributed by atoms with Gasteiger partial charge in [0.1, 0.15) is 0 Å². The van der Waals surface area contributed by atoms with E-state index < -0.39 is 0 Å². The van der Waals surface area contributed by atoms with Gasteiger partial charge in [0.05, 0.1) is 10.7 Å². The summed E-state index contributed by atoms with van der Waals surface area (Å²) in [6.07, 6.45) is 2.08. The van der Waals surface area contributed by atoms with E-state index in [0.717, 1.165) is 17.3 Å². The minimum absolute atomic E-state index is 0.760. The number of anilines is 1. The van der Waals surface area contributed by atoms with Gasteiger partial charge in [0, 0.05) is 15.0 Å². The van der Waals surface area contributed by atoms with E-state index in [1.54, 1.807) is 11.8 Å². The summed E-state index contributed by atoms with van der Waals surface area (Å²) in [4.78, 5) is 1.28. The molecule has 0 fully saturated rings. The quantitative estimate of drug-likeness (QED) is 0.564. The van der Waals surface area contributed by atoms with E-state index in [4.69, 9.17) is 11.6 Å². The van der Waals surface area contributed by atoms with Gasteiger partial charge in [-0.3, -0.25) is 0 Å². The van der Waals surface area contributed by atoms with Crippen molar-refractivity contribution in [2.45, 2.75) is 11.4 Å². The molecule has 0 heterocycles. The number of hydrogen-bond donors (Lipinski definition) is 1. The van der Waals surface area contributed by atoms with Crippen molar-refractivity contribution >= 4 is 51.6 Å². The van der Waals surface area contributed by atoms with Gasteiger partial charge in [-0.15, -0.1) is 11.8 Å². The van der Waals surface area contributed by atoms with Crippen molar-refractivity contribution in [1.29, 1.82) is 0 Å². The van der Waals surface area contributed by atoms with Gasteiger partial charge in [0.25, 0.3) is 0 Å². The van der Waals surface area contributed by atoms with Crippen molar-refractivity contribution in [1.82, 2.24) is 0 Å². The van der Waals surface area contributed by atoms with Gasteiger partial charge in [-0.2, -0.15) is 0 Å². The summed E-state index contributed by atoms with van der Waals surface area (Å²) >= 11 is 10.2. The first kappa shape index (κ1) is 14.0. The maximum Gasteiger partial charge on any atom is 0.0638 e. The van der Waals surface area contributed by atoms with Crippen molar-refractivity contribution in [2.24, 2.45) is 0 Å². The van der Waals surface area contributed by atoms with Crippen molar-refractivity contribution in [3.05, 3.63) is 56.6 Å². The second-order valence-electron chi connectivity index (χ2n) is 3.83. The maximum atomic E-state index is 6.14. The van der Waals surface area contributed by atoms with Gasteiger partial charge in [-0.05, 0) is 64.7 Å². The lowest BCUT2D eigenvalue weighted by Gasteiger charge is -2.09. The molecule has 0 spiro atoms. The molecular formula is C14H13ClINS. The molecule has 0 aromatic heterocycles. The number of thioether (sulfide) groups is 1. The molecule has 0 radical (unpaired) electrons. The largest absolute Gasteiger partial charge is 0.380 e. The maximum absolute atomic E-state index is 6.14. The Balaban J connectivity index is 2.04. The van der Waals surface area contributed by atoms with Crippen LogP contribution in [0.2, 0.25) is 5.02 Å². The monoisotopic (exact) mass is 389 g/mol. The highest BCUT2D eigenvalue weighted by molar-refractivity contribution is 14.1. The molecule has 2 rings (SSSR count). The SMILES string of the molecule is CSc1ccc(CNc2cc(I)ccc2Cl)cc1. The van der Waals surface area contributed by atoms with Crippen molar-refractivity contribution in [2.75, 3.05) is 11.6 Å². The Morgan fingerprint density at radius 1 is 1.17 bits per heavy atom. The summed E-state index contributed by atoms with van der Waals surface area (Å²) in [5.74, 6) is 0. The van der Waals surface area contributed by atoms with Gasteiger partial charge >= 0.3 is 0 Å². The van der Waals surface area contributed by atoms with Crippen LogP contribution in [0.15, 0.2) is 47.4 Å². The van der Waals surface area contributed by atoms with Crippen molar-refractivity contribution in [3.63, 3.8) is 0 Å². The van der Waals surface area contributed by atoms with Crippen LogP contribution in [0.4, 0.5) is 5.69 Å². The van der Waals surface area contributed by atoms with Crippen LogP contribution >= 0.6 is 46.0 Å². The first-order valence-corrected chi connectivity index (χ1v) is 8.19. The molecule has 1 nitrogen and oxygen atoms in total. The first-order chi connectivity index (χ1) is 8.69. The van der Waals surface area contributed by atoms with E-state index in [-0.39, 0.29) is 0 Å². The second-order valence-corrected chi connectivity index (χ2v) is 6.36. The molecule has 0 saturated heterocycles. The minimum atomic E-state index is 0.760. The molecule has 0 amide bonds. The zero-order chi connectivity index (χ0) is 13.0. The lowest BCUT2D eigenvalue weighted by molar-refractivity contribution is 1.14. The Bertz CT molecular complexity index is 528. The topological polar surface area (TPSA) is 12.0 Å². The smallest absolute Gasteiger partial charge is 0.0638 e. The lowest BCUT2D eigenvalue weighted by atomic mass is 10.2. The molecule has 0 aliphatic heterocycles. The molecule has 0 bridgehead atoms. The number of nitrogens with one attached hydrogen (secondary N) is 1. The summed E-state index contributed by atoms with van der Waals surface area (Å²) in [6.45, 7) is 0.786. The Morgan fingerprint density at radius 2 is 1.89 bits per heavy atom. The van der Waals surface area contributed by atoms with Crippen LogP contribution in [0, 0.1) is 3.57 Å². The fourth-order valence-corrected chi connectivity index (χ4v) is 2.66. The fraction of sp³-hybridized carbons (Fsp3) is 0.143. The standard InChI is InChI=1S/C14H13ClINS/c1-18-12-5-2-10(3-6-12)9-17-14-8-11(16)4-7-13(14)15/h2-8,17H,9H2,1H3. The molecule has 1 N–H and O–H groups in total. The van der Waals surface area contributed by atoms with Gasteiger partial charge in [-0.25, -0.2) is 0 Å². The second kappa shape index (κ2) is 6.68. The normalized spacial score (nSPS) is 10.4. The molecule has 0 unspecified atom stereocenters. The Morgan fingerprint density at radius 3 is 2.56 bits per heavy atom. The van der Waals surface area contributed by atoms with Crippen molar-refractivity contribution in [3.8, 4) is 0 Å². The van der Waals surface area contributed by atoms with Crippen LogP contribution in [0.1, 0.15) is 5.56 Å². The van der Waals surface area contributed by atoms with Crippen LogP contribution in [0.5, 0.6) is 0 Å². The number of benzene rings is 2. The molecule has 4 heteroatoms. The number of hydrogen-bond acceptors (Lipinski definition) is 2. The molecule has 2 aromatic rings. The molecule has 2 aromatic carbocycles. The first-order valence-electron chi connectivity index (χ1n) is 5.51. The van der Waals surface area contributed by atoms with E-state index >= 15 is 0 Å². The van der Waals surface area contributed by atoms with E-state index in [1.807, 2.05) is 12.1 Å². The third-order valence-electron chi connectivity index (χ3n) is 2.57. The van der Waals surface area contributed by atoms with E-state index in [9.17, 15) is 0 Å². The highest BCUT2D eigenvalue weighted by Crippen LogP contribution is 2.24. The predicted molar refractivity (Wildman–Crippen MR) is 89.7 cm³/mol. The molecular weight excluding hydrogens is 377 g/mol. The fourth-order valence-electron chi connectivity index (χ4n) is 1.57. The Kier molecular flexibility index (Phi) is 5.21. The zero-order valence-corrected chi connectivity index (χ0v) is 13.6. The summed E-state index contributed by atoms with van der Waals surface area (Å²) in [5.41, 5.74) is 2.24. The van der Waals surface area contributed by atoms with E-state index in [2.05, 4.69) is 64.5 Å². The Labute approximate surface area is 130 Å². The zero-order valence-electron chi connectivity index (χ0n) is 9.91. The highest BCUT2D eigenvalue weighted by atomic mass is 127. The van der Waals surface area contributed by atoms with Gasteiger partial charge in [0.15, 0.2) is 0 Å². The molecule has 0 atom stereocenters. The minimum Gasteiger partial charge on any atom is -0.380 e. The molecule has 0 saturated carbocycles. The van der Waals surface area contributed by atoms with Crippen LogP contribution < -0.4 is 5.32 Å². The average molecular weight is 390 g/mol. The van der Waals surface area contributed by atoms with Gasteiger partial charge in [0.2, 0.25) is 0 Å². The summed E-state index contributed by atoms with van der Waals surface area (Å²) in [6, 6.07) is 14.5. The molecule has 94 valence electrons. The number of rotatable bonds is 4. The number of halogens is 2. The highest BCUT2D eigenvalue weighted by Gasteiger charge is 2.01. The third kappa shape index (κ3) is 3.80. The van der Waals surface area contributed by atoms with Crippen LogP contribution in [-0.4, -0.2) is 6.26 Å². The summed E-state index contributed by atoms with van der Waals surface area (Å²) < 4.78 is 1.18. The van der Waals surface area contributed by atoms with Crippen molar-refractivity contribution < 1.29 is 0 Å². The average Bonchev–Trinajstić information content (AvgIpc) is 2.40. The van der Waals surface area contributed by atoms with Gasteiger partial charge < -0.3 is 5.32 Å². The third-order valence-corrected chi connectivity index (χ3v) is 4.31. The molecule has 18 heavy (non-hydrogen) atoms. The van der Waals surface area contributed by atoms with E-state index in [0.29, 0.717) is 0 Å². The van der Waals surface area contributed by atoms with E-state index in [1.165, 1.54) is 14.0 Å². The molecule has 0 aliphatic rings. The Hall–Kier alpha value is -0.390. The summed E-state index contributed by atoms with van der Waals surface area (Å²) in [5, 5.41) is 4.12. The predicted octanol–water partition coefficient (Wildman–Crippen LogP) is 5.28. The van der Waals surface area contributed by atoms with Crippen LogP contribution in [0.25, 0.3) is 0 Å². The summed E-state index contributed by atoms with van der Waals surface area (Å²) in [7, 11) is 0. The van der Waals surface area contributed by atoms with Gasteiger partial charge in [-0.1, -0.05) is 23.7 Å². The van der Waals surface area contributed by atoms with Crippen LogP contribution in [0.3, 0.4) is 0 Å². The van der Waals surface area contributed by atoms with Crippen LogP contribution in [-0.2, 0) is 6.54 Å². The lowest BCUT2D eigenvalue weighted by Crippen LogP contribution is -2.00. The molecule has 0 aliphatic carbocycles.